The summed E-state index contributed by atoms with van der Waals surface area (Å²) in [6.45, 7) is 5.97. The predicted octanol–water partition coefficient (Wildman–Crippen LogP) is 3.68. The molecule has 0 spiro atoms. The highest BCUT2D eigenvalue weighted by Gasteiger charge is 2.61. The standard InChI is InChI=1S/C10H19F3OSi/c1-8(11)10(12,13)15(4)7-5-6-9(2,3)14-15/h8H,5-7H2,1-4H3. The quantitative estimate of drug-likeness (QED) is 0.669. The van der Waals surface area contributed by atoms with E-state index in [2.05, 4.69) is 0 Å². The van der Waals surface area contributed by atoms with E-state index >= 15 is 0 Å². The van der Waals surface area contributed by atoms with E-state index in [1.807, 2.05) is 0 Å². The van der Waals surface area contributed by atoms with Crippen molar-refractivity contribution in [2.24, 2.45) is 0 Å². The Morgan fingerprint density at radius 1 is 1.40 bits per heavy atom. The fourth-order valence-corrected chi connectivity index (χ4v) is 5.80. The second-order valence-electron chi connectivity index (χ2n) is 5.19. The minimum Gasteiger partial charge on any atom is -0.405 e. The van der Waals surface area contributed by atoms with Gasteiger partial charge in [-0.15, -0.1) is 0 Å². The van der Waals surface area contributed by atoms with Crippen LogP contribution in [0.25, 0.3) is 0 Å². The SMILES string of the molecule is CC(F)C(F)(F)[Si]1(C)CCCC(C)(C)O1. The van der Waals surface area contributed by atoms with Gasteiger partial charge in [-0.25, -0.2) is 13.2 Å². The summed E-state index contributed by atoms with van der Waals surface area (Å²) in [6.07, 6.45) is -0.646. The van der Waals surface area contributed by atoms with Crippen LogP contribution in [0.5, 0.6) is 0 Å². The van der Waals surface area contributed by atoms with Gasteiger partial charge in [-0.2, -0.15) is 0 Å². The third kappa shape index (κ3) is 2.38. The molecule has 1 nitrogen and oxygen atoms in total. The summed E-state index contributed by atoms with van der Waals surface area (Å²) in [5, 5.41) is 0. The normalized spacial score (nSPS) is 33.8. The van der Waals surface area contributed by atoms with E-state index in [-0.39, 0.29) is 0 Å². The van der Waals surface area contributed by atoms with E-state index in [9.17, 15) is 13.2 Å². The van der Waals surface area contributed by atoms with Gasteiger partial charge < -0.3 is 4.43 Å². The topological polar surface area (TPSA) is 9.23 Å². The molecule has 0 amide bonds. The largest absolute Gasteiger partial charge is 0.405 e. The lowest BCUT2D eigenvalue weighted by atomic mass is 10.0. The van der Waals surface area contributed by atoms with Crippen molar-refractivity contribution in [1.82, 2.24) is 0 Å². The Bertz CT molecular complexity index is 243. The molecule has 0 aromatic rings. The average Bonchev–Trinajstić information content (AvgIpc) is 2.00. The van der Waals surface area contributed by atoms with Gasteiger partial charge in [0.25, 0.3) is 13.9 Å². The van der Waals surface area contributed by atoms with Gasteiger partial charge in [0.2, 0.25) is 0 Å². The molecule has 0 bridgehead atoms. The molecule has 1 heterocycles. The van der Waals surface area contributed by atoms with E-state index < -0.39 is 25.6 Å². The fraction of sp³-hybridized carbons (Fsp3) is 1.00. The maximum atomic E-state index is 13.7. The minimum atomic E-state index is -3.29. The molecule has 0 aromatic heterocycles. The van der Waals surface area contributed by atoms with E-state index in [1.54, 1.807) is 13.8 Å². The Morgan fingerprint density at radius 3 is 2.33 bits per heavy atom. The van der Waals surface area contributed by atoms with Crippen LogP contribution < -0.4 is 0 Å². The van der Waals surface area contributed by atoms with Crippen LogP contribution >= 0.6 is 0 Å². The van der Waals surface area contributed by atoms with Crippen molar-refractivity contribution >= 4 is 8.32 Å². The number of rotatable bonds is 2. The van der Waals surface area contributed by atoms with Crippen molar-refractivity contribution in [2.45, 2.75) is 63.5 Å². The van der Waals surface area contributed by atoms with Gasteiger partial charge >= 0.3 is 0 Å². The zero-order chi connectivity index (χ0) is 11.9. The first-order chi connectivity index (χ1) is 6.61. The Kier molecular flexibility index (Phi) is 3.27. The van der Waals surface area contributed by atoms with Crippen molar-refractivity contribution in [3.05, 3.63) is 0 Å². The van der Waals surface area contributed by atoms with Crippen molar-refractivity contribution in [3.63, 3.8) is 0 Å². The molecule has 0 radical (unpaired) electrons. The number of hydrogen-bond acceptors (Lipinski definition) is 1. The maximum absolute atomic E-state index is 13.7. The van der Waals surface area contributed by atoms with E-state index in [4.69, 9.17) is 4.43 Å². The van der Waals surface area contributed by atoms with Crippen LogP contribution in [0.2, 0.25) is 12.6 Å². The lowest BCUT2D eigenvalue weighted by Crippen LogP contribution is -2.62. The third-order valence-electron chi connectivity index (χ3n) is 3.14. The first kappa shape index (κ1) is 13.0. The summed E-state index contributed by atoms with van der Waals surface area (Å²) >= 11 is 0. The van der Waals surface area contributed by atoms with Crippen LogP contribution in [0.1, 0.15) is 33.6 Å². The molecule has 90 valence electrons. The van der Waals surface area contributed by atoms with Gasteiger partial charge in [-0.05, 0) is 39.8 Å². The highest BCUT2D eigenvalue weighted by molar-refractivity contribution is 6.75. The molecule has 5 heteroatoms. The van der Waals surface area contributed by atoms with Gasteiger partial charge in [-0.1, -0.05) is 6.42 Å². The molecule has 1 fully saturated rings. The second kappa shape index (κ2) is 3.77. The van der Waals surface area contributed by atoms with Crippen LogP contribution in [-0.4, -0.2) is 25.6 Å². The van der Waals surface area contributed by atoms with Gasteiger partial charge in [0.15, 0.2) is 6.17 Å². The summed E-state index contributed by atoms with van der Waals surface area (Å²) in [5.74, 6) is 0. The van der Waals surface area contributed by atoms with Gasteiger partial charge in [0, 0.05) is 0 Å². The Morgan fingerprint density at radius 2 is 1.93 bits per heavy atom. The molecule has 2 atom stereocenters. The highest BCUT2D eigenvalue weighted by Crippen LogP contribution is 2.43. The van der Waals surface area contributed by atoms with Crippen LogP contribution in [0.4, 0.5) is 13.2 Å². The van der Waals surface area contributed by atoms with Crippen LogP contribution in [0.3, 0.4) is 0 Å². The van der Waals surface area contributed by atoms with E-state index in [0.717, 1.165) is 13.3 Å². The zero-order valence-corrected chi connectivity index (χ0v) is 10.7. The molecule has 0 saturated carbocycles. The second-order valence-corrected chi connectivity index (χ2v) is 9.02. The Balaban J connectivity index is 2.91. The Labute approximate surface area is 90.1 Å². The fourth-order valence-electron chi connectivity index (χ4n) is 2.22. The smallest absolute Gasteiger partial charge is 0.286 e. The van der Waals surface area contributed by atoms with Gasteiger partial charge in [0.05, 0.1) is 5.60 Å². The van der Waals surface area contributed by atoms with Crippen molar-refractivity contribution in [3.8, 4) is 0 Å². The average molecular weight is 240 g/mol. The third-order valence-corrected chi connectivity index (χ3v) is 7.26. The van der Waals surface area contributed by atoms with Gasteiger partial charge in [0.1, 0.15) is 0 Å². The maximum Gasteiger partial charge on any atom is 0.286 e. The molecule has 1 aliphatic heterocycles. The minimum absolute atomic E-state index is 0.345. The number of hydrogen-bond donors (Lipinski definition) is 0. The summed E-state index contributed by atoms with van der Waals surface area (Å²) in [4.78, 5) is 0. The molecule has 0 aromatic carbocycles. The lowest BCUT2D eigenvalue weighted by Gasteiger charge is -2.45. The number of alkyl halides is 3. The monoisotopic (exact) mass is 240 g/mol. The zero-order valence-electron chi connectivity index (χ0n) is 9.74. The Hall–Kier alpha value is -0.0331. The van der Waals surface area contributed by atoms with Crippen LogP contribution in [0, 0.1) is 0 Å². The van der Waals surface area contributed by atoms with Crippen molar-refractivity contribution in [1.29, 1.82) is 0 Å². The van der Waals surface area contributed by atoms with Gasteiger partial charge in [-0.3, -0.25) is 0 Å². The molecule has 1 rings (SSSR count). The summed E-state index contributed by atoms with van der Waals surface area (Å²) in [6, 6.07) is 0.345. The first-order valence-electron chi connectivity index (χ1n) is 5.33. The van der Waals surface area contributed by atoms with Crippen LogP contribution in [-0.2, 0) is 4.43 Å². The first-order valence-corrected chi connectivity index (χ1v) is 7.94. The van der Waals surface area contributed by atoms with Crippen LogP contribution in [0.15, 0.2) is 0 Å². The molecule has 1 aliphatic rings. The predicted molar refractivity (Wildman–Crippen MR) is 56.3 cm³/mol. The number of halogens is 3. The van der Waals surface area contributed by atoms with Crippen molar-refractivity contribution < 1.29 is 17.6 Å². The molecular weight excluding hydrogens is 221 g/mol. The summed E-state index contributed by atoms with van der Waals surface area (Å²) in [7, 11) is -3.27. The lowest BCUT2D eigenvalue weighted by molar-refractivity contribution is -0.0438. The molecule has 0 N–H and O–H groups in total. The molecule has 15 heavy (non-hydrogen) atoms. The molecule has 0 aliphatic carbocycles. The van der Waals surface area contributed by atoms with E-state index in [1.165, 1.54) is 6.55 Å². The molecule has 1 saturated heterocycles. The van der Waals surface area contributed by atoms with E-state index in [0.29, 0.717) is 12.5 Å². The molecule has 2 unspecified atom stereocenters. The molecular formula is C10H19F3OSi. The van der Waals surface area contributed by atoms with Crippen molar-refractivity contribution in [2.75, 3.05) is 0 Å². The summed E-state index contributed by atoms with van der Waals surface area (Å²) < 4.78 is 45.9. The highest BCUT2D eigenvalue weighted by atomic mass is 28.4. The summed E-state index contributed by atoms with van der Waals surface area (Å²) in [5.41, 5.74) is -3.82.